The van der Waals surface area contributed by atoms with Crippen LogP contribution >= 0.6 is 27.5 Å². The van der Waals surface area contributed by atoms with Crippen LogP contribution in [0, 0.1) is 0 Å². The van der Waals surface area contributed by atoms with E-state index in [9.17, 15) is 4.79 Å². The molecule has 0 aliphatic heterocycles. The zero-order valence-electron chi connectivity index (χ0n) is 12.5. The molecule has 0 unspecified atom stereocenters. The van der Waals surface area contributed by atoms with Gasteiger partial charge in [0.1, 0.15) is 5.69 Å². The van der Waals surface area contributed by atoms with Gasteiger partial charge in [-0.3, -0.25) is 4.79 Å². The van der Waals surface area contributed by atoms with Gasteiger partial charge in [-0.2, -0.15) is 0 Å². The maximum atomic E-state index is 12.3. The number of rotatable bonds is 4. The number of hydrogen-bond acceptors (Lipinski definition) is 2. The zero-order chi connectivity index (χ0) is 16.2. The molecule has 24 heavy (non-hydrogen) atoms. The van der Waals surface area contributed by atoms with Crippen molar-refractivity contribution in [1.82, 2.24) is 5.10 Å². The predicted octanol–water partition coefficient (Wildman–Crippen LogP) is 1.34. The van der Waals surface area contributed by atoms with Gasteiger partial charge < -0.3 is 17.0 Å². The first kappa shape index (κ1) is 18.8. The Labute approximate surface area is 164 Å². The number of benzene rings is 2. The van der Waals surface area contributed by atoms with Crippen LogP contribution in [0.3, 0.4) is 0 Å². The van der Waals surface area contributed by atoms with Crippen LogP contribution in [0.15, 0.2) is 71.3 Å². The molecular formula is C18H13Br2ClN2O. The van der Waals surface area contributed by atoms with Crippen LogP contribution in [-0.2, 0) is 6.54 Å². The van der Waals surface area contributed by atoms with Gasteiger partial charge in [0.25, 0.3) is 0 Å². The van der Waals surface area contributed by atoms with Gasteiger partial charge in [0.15, 0.2) is 6.20 Å². The van der Waals surface area contributed by atoms with Crippen molar-refractivity contribution in [2.24, 2.45) is 0 Å². The van der Waals surface area contributed by atoms with Gasteiger partial charge in [-0.25, -0.2) is 0 Å². The summed E-state index contributed by atoms with van der Waals surface area (Å²) < 4.78 is 2.60. The highest BCUT2D eigenvalue weighted by molar-refractivity contribution is 9.10. The van der Waals surface area contributed by atoms with Gasteiger partial charge in [0.05, 0.1) is 0 Å². The van der Waals surface area contributed by atoms with E-state index in [2.05, 4.69) is 21.0 Å². The van der Waals surface area contributed by atoms with Crippen molar-refractivity contribution in [3.05, 3.63) is 81.9 Å². The van der Waals surface area contributed by atoms with Crippen LogP contribution in [0.2, 0.25) is 5.02 Å². The van der Waals surface area contributed by atoms with Crippen molar-refractivity contribution in [3.63, 3.8) is 0 Å². The number of carbonyl (C=O) groups is 1. The first-order chi connectivity index (χ1) is 11.1. The number of nitrogens with zero attached hydrogens (tertiary/aromatic N) is 2. The third kappa shape index (κ3) is 4.72. The molecule has 122 valence electrons. The Morgan fingerprint density at radius 3 is 2.38 bits per heavy atom. The smallest absolute Gasteiger partial charge is 0.236 e. The Balaban J connectivity index is 0.00000208. The molecule has 0 atom stereocenters. The lowest BCUT2D eigenvalue weighted by Crippen LogP contribution is -3.00. The first-order valence-electron chi connectivity index (χ1n) is 7.03. The summed E-state index contributed by atoms with van der Waals surface area (Å²) in [5, 5.41) is 5.18. The van der Waals surface area contributed by atoms with Crippen LogP contribution in [0.1, 0.15) is 10.4 Å². The number of ketones is 1. The highest BCUT2D eigenvalue weighted by atomic mass is 79.9. The Morgan fingerprint density at radius 1 is 1.04 bits per heavy atom. The van der Waals surface area contributed by atoms with Crippen LogP contribution in [0.4, 0.5) is 0 Å². The maximum Gasteiger partial charge on any atom is 0.236 e. The van der Waals surface area contributed by atoms with Crippen LogP contribution in [0.25, 0.3) is 11.3 Å². The molecule has 3 rings (SSSR count). The van der Waals surface area contributed by atoms with E-state index in [0.29, 0.717) is 10.6 Å². The van der Waals surface area contributed by atoms with Crippen molar-refractivity contribution in [2.75, 3.05) is 0 Å². The Kier molecular flexibility index (Phi) is 6.66. The molecule has 0 radical (unpaired) electrons. The third-order valence-electron chi connectivity index (χ3n) is 3.36. The van der Waals surface area contributed by atoms with Crippen molar-refractivity contribution in [2.45, 2.75) is 6.54 Å². The molecule has 0 N–H and O–H groups in total. The van der Waals surface area contributed by atoms with Crippen molar-refractivity contribution in [1.29, 1.82) is 0 Å². The van der Waals surface area contributed by atoms with Gasteiger partial charge in [0, 0.05) is 31.8 Å². The van der Waals surface area contributed by atoms with Gasteiger partial charge >= 0.3 is 0 Å². The second kappa shape index (κ2) is 8.51. The van der Waals surface area contributed by atoms with E-state index in [1.165, 1.54) is 0 Å². The standard InChI is InChI=1S/C18H13BrClN2O.BrH/c19-15-7-3-14(4-8-15)18(23)12-22-11-1-2-17(21-22)13-5-9-16(20)10-6-13;/h1-11H,12H2;1H/q+1;/p-1. The van der Waals surface area contributed by atoms with E-state index in [4.69, 9.17) is 11.6 Å². The molecule has 0 fully saturated rings. The average molecular weight is 469 g/mol. The molecule has 0 amide bonds. The lowest BCUT2D eigenvalue weighted by molar-refractivity contribution is -0.740. The molecule has 0 saturated heterocycles. The quantitative estimate of drug-likeness (QED) is 0.428. The van der Waals surface area contributed by atoms with E-state index in [0.717, 1.165) is 15.7 Å². The molecule has 2 aromatic carbocycles. The molecule has 0 bridgehead atoms. The van der Waals surface area contributed by atoms with Gasteiger partial charge in [0.2, 0.25) is 12.3 Å². The molecule has 0 aliphatic rings. The summed E-state index contributed by atoms with van der Waals surface area (Å²) in [5.41, 5.74) is 2.42. The van der Waals surface area contributed by atoms with Gasteiger partial charge in [-0.05, 0) is 30.3 Å². The average Bonchev–Trinajstić information content (AvgIpc) is 2.56. The second-order valence-corrected chi connectivity index (χ2v) is 6.38. The van der Waals surface area contributed by atoms with Crippen LogP contribution in [0.5, 0.6) is 0 Å². The molecule has 3 nitrogen and oxygen atoms in total. The number of hydrogen-bond donors (Lipinski definition) is 0. The number of aromatic nitrogens is 2. The summed E-state index contributed by atoms with van der Waals surface area (Å²) in [6, 6.07) is 18.6. The van der Waals surface area contributed by atoms with Crippen molar-refractivity contribution < 1.29 is 26.5 Å². The Morgan fingerprint density at radius 2 is 1.71 bits per heavy atom. The summed E-state index contributed by atoms with van der Waals surface area (Å²) in [6.07, 6.45) is 1.79. The fraction of sp³-hybridized carbons (Fsp3) is 0.0556. The highest BCUT2D eigenvalue weighted by Crippen LogP contribution is 2.18. The van der Waals surface area contributed by atoms with Crippen LogP contribution < -0.4 is 21.7 Å². The maximum absolute atomic E-state index is 12.3. The van der Waals surface area contributed by atoms with Crippen LogP contribution in [-0.4, -0.2) is 10.9 Å². The van der Waals surface area contributed by atoms with Gasteiger partial charge in [-0.1, -0.05) is 56.5 Å². The summed E-state index contributed by atoms with van der Waals surface area (Å²) in [5.74, 6) is 0.0169. The van der Waals surface area contributed by atoms with E-state index >= 15 is 0 Å². The predicted molar refractivity (Wildman–Crippen MR) is 93.4 cm³/mol. The minimum atomic E-state index is 0. The normalized spacial score (nSPS) is 10.1. The lowest BCUT2D eigenvalue weighted by Gasteiger charge is -2.00. The topological polar surface area (TPSA) is 33.8 Å². The van der Waals surface area contributed by atoms with Gasteiger partial charge in [-0.15, -0.1) is 0 Å². The largest absolute Gasteiger partial charge is 1.00 e. The monoisotopic (exact) mass is 466 g/mol. The van der Waals surface area contributed by atoms with E-state index in [-0.39, 0.29) is 29.3 Å². The zero-order valence-corrected chi connectivity index (χ0v) is 16.4. The SMILES string of the molecule is O=C(C[n+]1cccc(-c2ccc(Cl)cc2)n1)c1ccc(Br)cc1.[Br-]. The molecule has 1 heterocycles. The van der Waals surface area contributed by atoms with E-state index < -0.39 is 0 Å². The lowest BCUT2D eigenvalue weighted by atomic mass is 10.1. The molecule has 6 heteroatoms. The minimum Gasteiger partial charge on any atom is -1.00 e. The summed E-state index contributed by atoms with van der Waals surface area (Å²) in [4.78, 5) is 12.3. The van der Waals surface area contributed by atoms with Crippen molar-refractivity contribution >= 4 is 33.3 Å². The fourth-order valence-electron chi connectivity index (χ4n) is 2.18. The minimum absolute atomic E-state index is 0. The van der Waals surface area contributed by atoms with E-state index in [1.807, 2.05) is 48.5 Å². The number of halogens is 3. The van der Waals surface area contributed by atoms with E-state index in [1.54, 1.807) is 23.0 Å². The molecule has 0 aliphatic carbocycles. The second-order valence-electron chi connectivity index (χ2n) is 5.03. The number of Topliss-reactive ketones (excluding diaryl/α,β-unsaturated/α-hetero) is 1. The highest BCUT2D eigenvalue weighted by Gasteiger charge is 2.14. The molecular weight excluding hydrogens is 455 g/mol. The number of carbonyl (C=O) groups excluding carboxylic acids is 1. The summed E-state index contributed by atoms with van der Waals surface area (Å²) in [7, 11) is 0. The Hall–Kier alpha value is -1.56. The summed E-state index contributed by atoms with van der Waals surface area (Å²) in [6.45, 7) is 0.197. The fourth-order valence-corrected chi connectivity index (χ4v) is 2.57. The molecule has 3 aromatic rings. The first-order valence-corrected chi connectivity index (χ1v) is 8.20. The third-order valence-corrected chi connectivity index (χ3v) is 4.14. The summed E-state index contributed by atoms with van der Waals surface area (Å²) >= 11 is 9.27. The van der Waals surface area contributed by atoms with Crippen molar-refractivity contribution in [3.8, 4) is 11.3 Å². The molecule has 1 aromatic heterocycles. The molecule has 0 spiro atoms. The Bertz CT molecular complexity index is 836. The molecule has 0 saturated carbocycles.